The van der Waals surface area contributed by atoms with E-state index in [0.717, 1.165) is 24.0 Å². The number of aliphatic hydroxyl groups excluding tert-OH is 1. The van der Waals surface area contributed by atoms with Crippen molar-refractivity contribution in [1.29, 1.82) is 0 Å². The largest absolute Gasteiger partial charge is 0.395 e. The Balaban J connectivity index is 2.32. The number of para-hydroxylation sites is 1. The van der Waals surface area contributed by atoms with E-state index in [1.807, 2.05) is 29.2 Å². The van der Waals surface area contributed by atoms with Crippen molar-refractivity contribution in [3.63, 3.8) is 0 Å². The molecule has 1 N–H and O–H groups in total. The Morgan fingerprint density at radius 3 is 2.59 bits per heavy atom. The Morgan fingerprint density at radius 1 is 1.12 bits per heavy atom. The molecule has 0 fully saturated rings. The van der Waals surface area contributed by atoms with Gasteiger partial charge in [-0.3, -0.25) is 0 Å². The summed E-state index contributed by atoms with van der Waals surface area (Å²) in [5.41, 5.74) is 1.62. The number of aromatic nitrogens is 3. The van der Waals surface area contributed by atoms with Gasteiger partial charge in [-0.2, -0.15) is 0 Å². The average molecular weight is 232 g/mol. The summed E-state index contributed by atoms with van der Waals surface area (Å²) in [6.07, 6.45) is 0.982. The summed E-state index contributed by atoms with van der Waals surface area (Å²) in [5, 5.41) is 17.2. The van der Waals surface area contributed by atoms with Gasteiger partial charge in [-0.25, -0.2) is 4.98 Å². The molecular formula is C12H16N4O. The molecule has 0 amide bonds. The van der Waals surface area contributed by atoms with Gasteiger partial charge in [0, 0.05) is 13.1 Å². The van der Waals surface area contributed by atoms with E-state index in [1.165, 1.54) is 0 Å². The molecule has 0 bridgehead atoms. The molecule has 0 aliphatic carbocycles. The van der Waals surface area contributed by atoms with Crippen LogP contribution < -0.4 is 4.90 Å². The molecule has 5 nitrogen and oxygen atoms in total. The van der Waals surface area contributed by atoms with Crippen molar-refractivity contribution < 1.29 is 5.11 Å². The molecule has 90 valence electrons. The monoisotopic (exact) mass is 232 g/mol. The van der Waals surface area contributed by atoms with E-state index >= 15 is 0 Å². The molecule has 0 saturated carbocycles. The zero-order valence-corrected chi connectivity index (χ0v) is 9.87. The Labute approximate surface area is 100 Å². The lowest BCUT2D eigenvalue weighted by Crippen LogP contribution is -2.29. The normalized spacial score (nSPS) is 10.7. The van der Waals surface area contributed by atoms with Crippen LogP contribution in [0.3, 0.4) is 0 Å². The first-order chi connectivity index (χ1) is 8.35. The highest BCUT2D eigenvalue weighted by molar-refractivity contribution is 5.74. The van der Waals surface area contributed by atoms with Gasteiger partial charge in [-0.05, 0) is 18.6 Å². The summed E-state index contributed by atoms with van der Waals surface area (Å²) in [4.78, 5) is 6.40. The van der Waals surface area contributed by atoms with Crippen LogP contribution in [-0.4, -0.2) is 40.0 Å². The lowest BCUT2D eigenvalue weighted by atomic mass is 10.3. The lowest BCUT2D eigenvalue weighted by Gasteiger charge is -2.20. The number of rotatable bonds is 5. The fourth-order valence-corrected chi connectivity index (χ4v) is 1.71. The number of aliphatic hydroxyl groups is 1. The van der Waals surface area contributed by atoms with Crippen molar-refractivity contribution in [3.8, 4) is 0 Å². The molecule has 1 aromatic carbocycles. The van der Waals surface area contributed by atoms with Crippen LogP contribution in [0.1, 0.15) is 13.3 Å². The zero-order chi connectivity index (χ0) is 12.1. The third kappa shape index (κ3) is 2.68. The predicted molar refractivity (Wildman–Crippen MR) is 66.9 cm³/mol. The van der Waals surface area contributed by atoms with E-state index in [4.69, 9.17) is 5.11 Å². The fourth-order valence-electron chi connectivity index (χ4n) is 1.71. The second-order valence-corrected chi connectivity index (χ2v) is 3.81. The summed E-state index contributed by atoms with van der Waals surface area (Å²) >= 11 is 0. The van der Waals surface area contributed by atoms with Gasteiger partial charge in [0.05, 0.1) is 12.1 Å². The summed E-state index contributed by atoms with van der Waals surface area (Å²) in [6.45, 7) is 3.53. The molecule has 0 spiro atoms. The maximum absolute atomic E-state index is 9.02. The highest BCUT2D eigenvalue weighted by Gasteiger charge is 2.09. The average Bonchev–Trinajstić information content (AvgIpc) is 2.38. The highest BCUT2D eigenvalue weighted by atomic mass is 16.3. The summed E-state index contributed by atoms with van der Waals surface area (Å²) in [7, 11) is 0. The van der Waals surface area contributed by atoms with E-state index in [9.17, 15) is 0 Å². The van der Waals surface area contributed by atoms with Crippen LogP contribution in [0.25, 0.3) is 11.0 Å². The molecule has 0 aliphatic heterocycles. The standard InChI is InChI=1S/C12H16N4O/c1-2-7-16(8-9-17)12-13-10-5-3-4-6-11(10)14-15-12/h3-6,17H,2,7-9H2,1H3. The van der Waals surface area contributed by atoms with Crippen molar-refractivity contribution in [3.05, 3.63) is 24.3 Å². The first-order valence-corrected chi connectivity index (χ1v) is 5.80. The Bertz CT molecular complexity index is 483. The molecule has 1 aromatic heterocycles. The minimum atomic E-state index is 0.0934. The van der Waals surface area contributed by atoms with Crippen molar-refractivity contribution in [2.75, 3.05) is 24.6 Å². The molecule has 0 aliphatic rings. The SMILES string of the molecule is CCCN(CCO)c1nnc2ccccc2n1. The first kappa shape index (κ1) is 11.7. The Kier molecular flexibility index (Phi) is 3.82. The number of benzene rings is 1. The molecule has 0 unspecified atom stereocenters. The maximum atomic E-state index is 9.02. The number of hydrogen-bond donors (Lipinski definition) is 1. The second-order valence-electron chi connectivity index (χ2n) is 3.81. The minimum Gasteiger partial charge on any atom is -0.395 e. The summed E-state index contributed by atoms with van der Waals surface area (Å²) in [6, 6.07) is 7.64. The smallest absolute Gasteiger partial charge is 0.246 e. The topological polar surface area (TPSA) is 62.1 Å². The van der Waals surface area contributed by atoms with Crippen LogP contribution in [0.15, 0.2) is 24.3 Å². The first-order valence-electron chi connectivity index (χ1n) is 5.80. The van der Waals surface area contributed by atoms with Crippen molar-refractivity contribution >= 4 is 17.0 Å². The van der Waals surface area contributed by atoms with E-state index in [0.29, 0.717) is 12.5 Å². The van der Waals surface area contributed by atoms with E-state index in [1.54, 1.807) is 0 Å². The zero-order valence-electron chi connectivity index (χ0n) is 9.87. The molecular weight excluding hydrogens is 216 g/mol. The second kappa shape index (κ2) is 5.54. The molecule has 0 saturated heterocycles. The van der Waals surface area contributed by atoms with Gasteiger partial charge in [0.1, 0.15) is 5.52 Å². The van der Waals surface area contributed by atoms with Gasteiger partial charge in [0.15, 0.2) is 0 Å². The molecule has 0 atom stereocenters. The van der Waals surface area contributed by atoms with Crippen LogP contribution in [0.4, 0.5) is 5.95 Å². The molecule has 17 heavy (non-hydrogen) atoms. The van der Waals surface area contributed by atoms with E-state index in [-0.39, 0.29) is 6.61 Å². The van der Waals surface area contributed by atoms with Gasteiger partial charge in [-0.1, -0.05) is 19.1 Å². The highest BCUT2D eigenvalue weighted by Crippen LogP contribution is 2.12. The fraction of sp³-hybridized carbons (Fsp3) is 0.417. The number of anilines is 1. The number of fused-ring (bicyclic) bond motifs is 1. The van der Waals surface area contributed by atoms with Gasteiger partial charge in [-0.15, -0.1) is 10.2 Å². The molecule has 2 rings (SSSR count). The van der Waals surface area contributed by atoms with Gasteiger partial charge in [0.2, 0.25) is 5.95 Å². The van der Waals surface area contributed by atoms with Crippen LogP contribution in [-0.2, 0) is 0 Å². The van der Waals surface area contributed by atoms with Crippen LogP contribution >= 0.6 is 0 Å². The molecule has 2 aromatic rings. The predicted octanol–water partition coefficient (Wildman–Crippen LogP) is 1.23. The maximum Gasteiger partial charge on any atom is 0.246 e. The van der Waals surface area contributed by atoms with Gasteiger partial charge in [0.25, 0.3) is 0 Å². The van der Waals surface area contributed by atoms with Gasteiger partial charge >= 0.3 is 0 Å². The lowest BCUT2D eigenvalue weighted by molar-refractivity contribution is 0.301. The third-order valence-corrected chi connectivity index (χ3v) is 2.50. The summed E-state index contributed by atoms with van der Waals surface area (Å²) < 4.78 is 0. The number of nitrogens with zero attached hydrogens (tertiary/aromatic N) is 4. The molecule has 5 heteroatoms. The third-order valence-electron chi connectivity index (χ3n) is 2.50. The number of hydrogen-bond acceptors (Lipinski definition) is 5. The minimum absolute atomic E-state index is 0.0934. The summed E-state index contributed by atoms with van der Waals surface area (Å²) in [5.74, 6) is 0.583. The van der Waals surface area contributed by atoms with Crippen LogP contribution in [0.5, 0.6) is 0 Å². The van der Waals surface area contributed by atoms with E-state index in [2.05, 4.69) is 22.1 Å². The van der Waals surface area contributed by atoms with Crippen molar-refractivity contribution in [1.82, 2.24) is 15.2 Å². The Hall–Kier alpha value is -1.75. The quantitative estimate of drug-likeness (QED) is 0.840. The Morgan fingerprint density at radius 2 is 1.88 bits per heavy atom. The van der Waals surface area contributed by atoms with Gasteiger partial charge < -0.3 is 10.0 Å². The van der Waals surface area contributed by atoms with E-state index < -0.39 is 0 Å². The van der Waals surface area contributed by atoms with Crippen molar-refractivity contribution in [2.45, 2.75) is 13.3 Å². The van der Waals surface area contributed by atoms with Crippen LogP contribution in [0, 0.1) is 0 Å². The van der Waals surface area contributed by atoms with Crippen LogP contribution in [0.2, 0.25) is 0 Å². The van der Waals surface area contributed by atoms with Crippen molar-refractivity contribution in [2.24, 2.45) is 0 Å². The molecule has 0 radical (unpaired) electrons. The molecule has 1 heterocycles.